The molecule has 3 aromatic heterocycles. The normalized spacial score (nSPS) is 28.4. The summed E-state index contributed by atoms with van der Waals surface area (Å²) in [5.41, 5.74) is 8.80. The quantitative estimate of drug-likeness (QED) is 0.290. The number of anilines is 2. The van der Waals surface area contributed by atoms with Crippen molar-refractivity contribution in [1.82, 2.24) is 25.2 Å². The molecule has 5 aliphatic rings. The molecule has 1 aliphatic carbocycles. The minimum absolute atomic E-state index is 0.0332. The van der Waals surface area contributed by atoms with E-state index in [1.165, 1.54) is 12.1 Å². The van der Waals surface area contributed by atoms with Crippen LogP contribution in [0.15, 0.2) is 18.2 Å². The van der Waals surface area contributed by atoms with Gasteiger partial charge in [0.05, 0.1) is 16.7 Å². The van der Waals surface area contributed by atoms with E-state index >= 15 is 4.39 Å². The number of nitrogens with zero attached hydrogens (tertiary/aromatic N) is 5. The zero-order chi connectivity index (χ0) is 29.7. The van der Waals surface area contributed by atoms with Crippen molar-refractivity contribution in [1.29, 1.82) is 0 Å². The molecular weight excluding hydrogens is 587 g/mol. The first-order valence-corrected chi connectivity index (χ1v) is 16.6. The van der Waals surface area contributed by atoms with Crippen molar-refractivity contribution < 1.29 is 17.9 Å². The maximum absolute atomic E-state index is 15.4. The summed E-state index contributed by atoms with van der Waals surface area (Å²) in [6.07, 6.45) is 5.55. The largest absolute Gasteiger partial charge is 0.461 e. The highest BCUT2D eigenvalue weighted by atomic mass is 32.1. The second kappa shape index (κ2) is 9.89. The standard InChI is InChI=1S/C32H34F3N7OS/c33-17-8-21(25-24(9-17)44-29(36)26(25)35)22-10-23-28(39-27(22)16-2-3-16)30(42-19-4-5-20(42)13-37-12-19)40-31(38-23)43-15-32-6-1-7-41(32)14-18(34)11-32/h8-10,16,18-20,37H,1-7,11-15,36H2/t18-,19?,20?,32+/m1/s1. The van der Waals surface area contributed by atoms with Gasteiger partial charge in [-0.2, -0.15) is 9.97 Å². The summed E-state index contributed by atoms with van der Waals surface area (Å²) in [4.78, 5) is 19.7. The van der Waals surface area contributed by atoms with E-state index in [-0.39, 0.29) is 34.6 Å². The molecule has 4 aliphatic heterocycles. The molecule has 0 amide bonds. The number of pyridine rings is 1. The second-order valence-electron chi connectivity index (χ2n) is 13.3. The van der Waals surface area contributed by atoms with Crippen molar-refractivity contribution in [3.8, 4) is 17.1 Å². The fourth-order valence-corrected chi connectivity index (χ4v) is 9.23. The van der Waals surface area contributed by atoms with E-state index in [1.54, 1.807) is 0 Å². The van der Waals surface area contributed by atoms with Crippen LogP contribution in [-0.4, -0.2) is 76.4 Å². The van der Waals surface area contributed by atoms with Crippen molar-refractivity contribution >= 4 is 43.3 Å². The maximum atomic E-state index is 15.4. The molecule has 3 N–H and O–H groups in total. The minimum Gasteiger partial charge on any atom is -0.461 e. The Bertz CT molecular complexity index is 1800. The molecule has 0 radical (unpaired) electrons. The molecule has 4 saturated heterocycles. The van der Waals surface area contributed by atoms with Gasteiger partial charge >= 0.3 is 6.01 Å². The Kier molecular flexibility index (Phi) is 6.10. The Balaban J connectivity index is 1.22. The summed E-state index contributed by atoms with van der Waals surface area (Å²) >= 11 is 1.05. The summed E-state index contributed by atoms with van der Waals surface area (Å²) in [7, 11) is 0. The first-order valence-electron chi connectivity index (χ1n) is 15.8. The van der Waals surface area contributed by atoms with Crippen LogP contribution in [0.1, 0.15) is 56.6 Å². The van der Waals surface area contributed by atoms with E-state index < -0.39 is 17.8 Å². The predicted molar refractivity (Wildman–Crippen MR) is 165 cm³/mol. The Labute approximate surface area is 256 Å². The van der Waals surface area contributed by atoms with Gasteiger partial charge in [-0.15, -0.1) is 11.3 Å². The lowest BCUT2D eigenvalue weighted by molar-refractivity contribution is 0.107. The number of nitrogen functional groups attached to an aromatic ring is 1. The van der Waals surface area contributed by atoms with E-state index in [0.29, 0.717) is 51.8 Å². The van der Waals surface area contributed by atoms with E-state index in [9.17, 15) is 8.78 Å². The van der Waals surface area contributed by atoms with E-state index in [1.807, 2.05) is 6.07 Å². The van der Waals surface area contributed by atoms with E-state index in [2.05, 4.69) is 15.1 Å². The molecule has 5 fully saturated rings. The third kappa shape index (κ3) is 4.20. The number of rotatable bonds is 6. The summed E-state index contributed by atoms with van der Waals surface area (Å²) < 4.78 is 51.7. The lowest BCUT2D eigenvalue weighted by Crippen LogP contribution is -2.52. The molecule has 4 aromatic rings. The number of nitrogens with one attached hydrogen (secondary N) is 1. The Hall–Kier alpha value is -3.22. The molecule has 7 heterocycles. The van der Waals surface area contributed by atoms with Crippen molar-refractivity contribution in [2.24, 2.45) is 0 Å². The van der Waals surface area contributed by atoms with Gasteiger partial charge in [0, 0.05) is 59.7 Å². The average molecular weight is 622 g/mol. The van der Waals surface area contributed by atoms with Crippen molar-refractivity contribution in [3.05, 3.63) is 35.5 Å². The zero-order valence-electron chi connectivity index (χ0n) is 24.3. The Morgan fingerprint density at radius 1 is 1.05 bits per heavy atom. The monoisotopic (exact) mass is 621 g/mol. The van der Waals surface area contributed by atoms with Gasteiger partial charge in [0.15, 0.2) is 11.6 Å². The third-order valence-corrected chi connectivity index (χ3v) is 11.4. The number of hydrogen-bond acceptors (Lipinski definition) is 9. The highest BCUT2D eigenvalue weighted by Gasteiger charge is 2.49. The van der Waals surface area contributed by atoms with Crippen molar-refractivity contribution in [2.45, 2.75) is 74.7 Å². The topological polar surface area (TPSA) is 92.4 Å². The van der Waals surface area contributed by atoms with Crippen LogP contribution in [0.25, 0.3) is 32.2 Å². The number of thiophene rings is 1. The van der Waals surface area contributed by atoms with E-state index in [4.69, 9.17) is 25.4 Å². The molecule has 230 valence electrons. The third-order valence-electron chi connectivity index (χ3n) is 10.5. The fraction of sp³-hybridized carbons (Fsp3) is 0.531. The number of alkyl halides is 1. The molecule has 8 nitrogen and oxygen atoms in total. The highest BCUT2D eigenvalue weighted by molar-refractivity contribution is 7.22. The molecule has 9 rings (SSSR count). The van der Waals surface area contributed by atoms with Crippen molar-refractivity contribution in [2.75, 3.05) is 43.4 Å². The van der Waals surface area contributed by atoms with Gasteiger partial charge in [-0.1, -0.05) is 0 Å². The molecule has 1 aromatic carbocycles. The molecule has 2 unspecified atom stereocenters. The smallest absolute Gasteiger partial charge is 0.319 e. The van der Waals surface area contributed by atoms with Crippen molar-refractivity contribution in [3.63, 3.8) is 0 Å². The van der Waals surface area contributed by atoms with Crippen LogP contribution in [0.2, 0.25) is 0 Å². The number of hydrogen-bond donors (Lipinski definition) is 2. The van der Waals surface area contributed by atoms with Gasteiger partial charge < -0.3 is 20.7 Å². The number of fused-ring (bicyclic) bond motifs is 5. The lowest BCUT2D eigenvalue weighted by atomic mass is 9.95. The SMILES string of the molecule is Nc1sc2cc(F)cc(-c3cc4nc(OC[C@@]56CCCN5C[C@H](F)C6)nc(N5C6CCC5CNC6)c4nc3C3CC3)c2c1F. The second-order valence-corrected chi connectivity index (χ2v) is 14.4. The van der Waals surface area contributed by atoms with Gasteiger partial charge in [-0.3, -0.25) is 4.90 Å². The molecule has 1 saturated carbocycles. The molecule has 12 heteroatoms. The van der Waals surface area contributed by atoms with Crippen LogP contribution >= 0.6 is 11.3 Å². The summed E-state index contributed by atoms with van der Waals surface area (Å²) in [6.45, 7) is 3.36. The van der Waals surface area contributed by atoms with Crippen LogP contribution < -0.4 is 20.7 Å². The van der Waals surface area contributed by atoms with Crippen LogP contribution in [0.3, 0.4) is 0 Å². The fourth-order valence-electron chi connectivity index (χ4n) is 8.33. The molecule has 0 spiro atoms. The van der Waals surface area contributed by atoms with Crippen LogP contribution in [0.4, 0.5) is 24.0 Å². The first-order chi connectivity index (χ1) is 21.4. The van der Waals surface area contributed by atoms with Crippen LogP contribution in [-0.2, 0) is 0 Å². The lowest BCUT2D eigenvalue weighted by Gasteiger charge is -2.36. The minimum atomic E-state index is -0.856. The Morgan fingerprint density at radius 2 is 1.86 bits per heavy atom. The van der Waals surface area contributed by atoms with E-state index in [0.717, 1.165) is 81.0 Å². The number of aromatic nitrogens is 3. The van der Waals surface area contributed by atoms with Gasteiger partial charge in [0.2, 0.25) is 0 Å². The Morgan fingerprint density at radius 3 is 2.66 bits per heavy atom. The summed E-state index contributed by atoms with van der Waals surface area (Å²) in [5, 5.41) is 3.89. The number of halogens is 3. The maximum Gasteiger partial charge on any atom is 0.319 e. The summed E-state index contributed by atoms with van der Waals surface area (Å²) in [6, 6.07) is 5.41. The van der Waals surface area contributed by atoms with Crippen LogP contribution in [0, 0.1) is 11.6 Å². The average Bonchev–Trinajstić information content (AvgIpc) is 3.55. The molecule has 2 bridgehead atoms. The van der Waals surface area contributed by atoms with Crippen LogP contribution in [0.5, 0.6) is 6.01 Å². The highest BCUT2D eigenvalue weighted by Crippen LogP contribution is 2.48. The number of piperazine rings is 1. The molecule has 44 heavy (non-hydrogen) atoms. The zero-order valence-corrected chi connectivity index (χ0v) is 25.1. The number of nitrogens with two attached hydrogens (primary N) is 1. The van der Waals surface area contributed by atoms with Gasteiger partial charge in [0.25, 0.3) is 0 Å². The predicted octanol–water partition coefficient (Wildman–Crippen LogP) is 5.54. The first kappa shape index (κ1) is 27.1. The summed E-state index contributed by atoms with van der Waals surface area (Å²) in [5.74, 6) is -0.0460. The van der Waals surface area contributed by atoms with Gasteiger partial charge in [-0.05, 0) is 68.8 Å². The van der Waals surface area contributed by atoms with Gasteiger partial charge in [-0.25, -0.2) is 18.2 Å². The van der Waals surface area contributed by atoms with Gasteiger partial charge in [0.1, 0.15) is 29.1 Å². The molecular formula is C32H34F3N7OS. The number of ether oxygens (including phenoxy) is 1. The number of benzene rings is 1. The molecule has 4 atom stereocenters.